The molecule has 0 aliphatic heterocycles. The van der Waals surface area contributed by atoms with Gasteiger partial charge in [-0.15, -0.1) is 23.5 Å². The van der Waals surface area contributed by atoms with Crippen molar-refractivity contribution in [2.75, 3.05) is 11.5 Å². The highest BCUT2D eigenvalue weighted by Gasteiger charge is 2.01. The fraction of sp³-hybridized carbons (Fsp3) is 0.143. The van der Waals surface area contributed by atoms with Crippen molar-refractivity contribution in [1.82, 2.24) is 0 Å². The molecule has 0 saturated heterocycles. The molecule has 1 nitrogen and oxygen atoms in total. The molecule has 18 heavy (non-hydrogen) atoms. The molecule has 0 fully saturated rings. The summed E-state index contributed by atoms with van der Waals surface area (Å²) in [7, 11) is 0. The highest BCUT2D eigenvalue weighted by atomic mass is 32.2. The van der Waals surface area contributed by atoms with E-state index >= 15 is 0 Å². The summed E-state index contributed by atoms with van der Waals surface area (Å²) in [4.78, 5) is 1.81. The van der Waals surface area contributed by atoms with Gasteiger partial charge in [0, 0.05) is 21.3 Å². The standard InChI is InChI=1S/C14H13FOS2/c15-13-3-1-2-4-14(13)18-10-9-17-12-7-5-11(16)6-8-12/h1-8,16H,9-10H2. The van der Waals surface area contributed by atoms with Crippen molar-refractivity contribution >= 4 is 23.5 Å². The molecule has 94 valence electrons. The second kappa shape index (κ2) is 6.71. The zero-order valence-electron chi connectivity index (χ0n) is 9.67. The molecule has 0 spiro atoms. The molecule has 2 aromatic carbocycles. The van der Waals surface area contributed by atoms with E-state index in [2.05, 4.69) is 0 Å². The molecular formula is C14H13FOS2. The average Bonchev–Trinajstić information content (AvgIpc) is 2.39. The maximum Gasteiger partial charge on any atom is 0.136 e. The monoisotopic (exact) mass is 280 g/mol. The van der Waals surface area contributed by atoms with Crippen molar-refractivity contribution in [3.05, 3.63) is 54.3 Å². The van der Waals surface area contributed by atoms with Gasteiger partial charge in [-0.25, -0.2) is 4.39 Å². The second-order valence-corrected chi connectivity index (χ2v) is 5.93. The van der Waals surface area contributed by atoms with E-state index in [1.54, 1.807) is 36.0 Å². The normalized spacial score (nSPS) is 10.5. The zero-order chi connectivity index (χ0) is 12.8. The van der Waals surface area contributed by atoms with Crippen LogP contribution in [0.1, 0.15) is 0 Å². The highest BCUT2D eigenvalue weighted by Crippen LogP contribution is 2.25. The minimum absolute atomic E-state index is 0.155. The van der Waals surface area contributed by atoms with Crippen LogP contribution < -0.4 is 0 Å². The van der Waals surface area contributed by atoms with Crippen molar-refractivity contribution in [2.45, 2.75) is 9.79 Å². The molecule has 0 amide bonds. The molecule has 0 aliphatic carbocycles. The minimum Gasteiger partial charge on any atom is -0.508 e. The molecule has 0 unspecified atom stereocenters. The van der Waals surface area contributed by atoms with E-state index in [1.807, 2.05) is 18.2 Å². The van der Waals surface area contributed by atoms with Crippen molar-refractivity contribution < 1.29 is 9.50 Å². The van der Waals surface area contributed by atoms with Gasteiger partial charge >= 0.3 is 0 Å². The molecule has 0 aliphatic rings. The maximum absolute atomic E-state index is 13.3. The number of rotatable bonds is 5. The first-order valence-corrected chi connectivity index (χ1v) is 7.52. The van der Waals surface area contributed by atoms with Crippen LogP contribution in [0.15, 0.2) is 58.3 Å². The summed E-state index contributed by atoms with van der Waals surface area (Å²) in [5.74, 6) is 1.88. The Bertz CT molecular complexity index is 499. The quantitative estimate of drug-likeness (QED) is 0.647. The van der Waals surface area contributed by atoms with Crippen molar-refractivity contribution in [3.63, 3.8) is 0 Å². The largest absolute Gasteiger partial charge is 0.508 e. The number of phenolic OH excluding ortho intramolecular Hbond substituents is 1. The molecule has 0 atom stereocenters. The predicted molar refractivity (Wildman–Crippen MR) is 76.0 cm³/mol. The van der Waals surface area contributed by atoms with Crippen molar-refractivity contribution in [1.29, 1.82) is 0 Å². The summed E-state index contributed by atoms with van der Waals surface area (Å²) < 4.78 is 13.3. The van der Waals surface area contributed by atoms with Crippen LogP contribution in [0.4, 0.5) is 4.39 Å². The number of aromatic hydroxyl groups is 1. The van der Waals surface area contributed by atoms with Gasteiger partial charge in [0.15, 0.2) is 0 Å². The lowest BCUT2D eigenvalue weighted by atomic mass is 10.3. The maximum atomic E-state index is 13.3. The van der Waals surface area contributed by atoms with E-state index in [1.165, 1.54) is 17.8 Å². The lowest BCUT2D eigenvalue weighted by molar-refractivity contribution is 0.475. The van der Waals surface area contributed by atoms with Crippen LogP contribution >= 0.6 is 23.5 Å². The first-order valence-electron chi connectivity index (χ1n) is 5.55. The van der Waals surface area contributed by atoms with Crippen LogP contribution in [0.3, 0.4) is 0 Å². The Balaban J connectivity index is 1.76. The van der Waals surface area contributed by atoms with Crippen LogP contribution in [0.5, 0.6) is 5.75 Å². The van der Waals surface area contributed by atoms with Crippen LogP contribution in [-0.4, -0.2) is 16.6 Å². The van der Waals surface area contributed by atoms with Gasteiger partial charge < -0.3 is 5.11 Å². The van der Waals surface area contributed by atoms with Crippen molar-refractivity contribution in [3.8, 4) is 5.75 Å². The Kier molecular flexibility index (Phi) is 4.96. The van der Waals surface area contributed by atoms with Gasteiger partial charge in [0.1, 0.15) is 11.6 Å². The summed E-state index contributed by atoms with van der Waals surface area (Å²) >= 11 is 3.22. The van der Waals surface area contributed by atoms with Gasteiger partial charge in [-0.05, 0) is 36.4 Å². The highest BCUT2D eigenvalue weighted by molar-refractivity contribution is 8.03. The number of halogens is 1. The lowest BCUT2D eigenvalue weighted by Gasteiger charge is -2.03. The summed E-state index contributed by atoms with van der Waals surface area (Å²) in [6.07, 6.45) is 0. The Labute approximate surface area is 114 Å². The third kappa shape index (κ3) is 3.96. The summed E-state index contributed by atoms with van der Waals surface area (Å²) in [6, 6.07) is 13.9. The lowest BCUT2D eigenvalue weighted by Crippen LogP contribution is -1.86. The van der Waals surface area contributed by atoms with Gasteiger partial charge in [0.05, 0.1) is 0 Å². The third-order valence-corrected chi connectivity index (χ3v) is 4.61. The molecule has 0 heterocycles. The predicted octanol–water partition coefficient (Wildman–Crippen LogP) is 4.42. The van der Waals surface area contributed by atoms with E-state index in [0.29, 0.717) is 4.90 Å². The van der Waals surface area contributed by atoms with Crippen molar-refractivity contribution in [2.24, 2.45) is 0 Å². The van der Waals surface area contributed by atoms with E-state index < -0.39 is 0 Å². The SMILES string of the molecule is Oc1ccc(SCCSc2ccccc2F)cc1. The van der Waals surface area contributed by atoms with Gasteiger partial charge in [-0.2, -0.15) is 0 Å². The number of thioether (sulfide) groups is 2. The second-order valence-electron chi connectivity index (χ2n) is 3.62. The topological polar surface area (TPSA) is 20.2 Å². The smallest absolute Gasteiger partial charge is 0.136 e. The first kappa shape index (κ1) is 13.3. The van der Waals surface area contributed by atoms with Gasteiger partial charge in [0.25, 0.3) is 0 Å². The van der Waals surface area contributed by atoms with Gasteiger partial charge in [-0.3, -0.25) is 0 Å². The van der Waals surface area contributed by atoms with E-state index in [9.17, 15) is 4.39 Å². The van der Waals surface area contributed by atoms with E-state index in [0.717, 1.165) is 16.4 Å². The molecule has 0 aromatic heterocycles. The van der Waals surface area contributed by atoms with Gasteiger partial charge in [0.2, 0.25) is 0 Å². The molecule has 0 radical (unpaired) electrons. The summed E-state index contributed by atoms with van der Waals surface area (Å²) in [5.41, 5.74) is 0. The average molecular weight is 280 g/mol. The number of hydrogen-bond acceptors (Lipinski definition) is 3. The van der Waals surface area contributed by atoms with E-state index in [4.69, 9.17) is 5.11 Å². The fourth-order valence-electron chi connectivity index (χ4n) is 1.42. The van der Waals surface area contributed by atoms with Crippen LogP contribution in [0, 0.1) is 5.82 Å². The Morgan fingerprint density at radius 2 is 1.56 bits per heavy atom. The minimum atomic E-state index is -0.155. The Morgan fingerprint density at radius 3 is 2.28 bits per heavy atom. The Hall–Kier alpha value is -1.13. The number of benzene rings is 2. The zero-order valence-corrected chi connectivity index (χ0v) is 11.3. The van der Waals surface area contributed by atoms with Crippen LogP contribution in [-0.2, 0) is 0 Å². The third-order valence-electron chi connectivity index (χ3n) is 2.28. The Morgan fingerprint density at radius 1 is 0.889 bits per heavy atom. The molecule has 2 rings (SSSR count). The fourth-order valence-corrected chi connectivity index (χ4v) is 3.25. The van der Waals surface area contributed by atoms with Crippen LogP contribution in [0.2, 0.25) is 0 Å². The van der Waals surface area contributed by atoms with E-state index in [-0.39, 0.29) is 11.6 Å². The molecule has 2 aromatic rings. The molecule has 1 N–H and O–H groups in total. The summed E-state index contributed by atoms with van der Waals surface area (Å²) in [6.45, 7) is 0. The first-order chi connectivity index (χ1) is 8.75. The molecular weight excluding hydrogens is 267 g/mol. The van der Waals surface area contributed by atoms with Crippen LogP contribution in [0.25, 0.3) is 0 Å². The molecule has 4 heteroatoms. The molecule has 0 bridgehead atoms. The van der Waals surface area contributed by atoms with Gasteiger partial charge in [-0.1, -0.05) is 12.1 Å². The number of phenols is 1. The number of hydrogen-bond donors (Lipinski definition) is 1. The molecule has 0 saturated carbocycles. The summed E-state index contributed by atoms with van der Waals surface area (Å²) in [5, 5.41) is 9.15.